The van der Waals surface area contributed by atoms with Crippen LogP contribution in [0.15, 0.2) is 47.4 Å². The Morgan fingerprint density at radius 3 is 2.69 bits per heavy atom. The van der Waals surface area contributed by atoms with Crippen LogP contribution in [0.5, 0.6) is 0 Å². The summed E-state index contributed by atoms with van der Waals surface area (Å²) in [5, 5.41) is 14.5. The van der Waals surface area contributed by atoms with Crippen molar-refractivity contribution in [3.63, 3.8) is 0 Å². The summed E-state index contributed by atoms with van der Waals surface area (Å²) < 4.78 is 0. The van der Waals surface area contributed by atoms with E-state index in [1.54, 1.807) is 0 Å². The van der Waals surface area contributed by atoms with E-state index in [2.05, 4.69) is 62.0 Å². The molecular formula is C28H34N6O2. The lowest BCUT2D eigenvalue weighted by Crippen LogP contribution is -2.28. The zero-order valence-corrected chi connectivity index (χ0v) is 21.6. The average Bonchev–Trinajstić information content (AvgIpc) is 3.33. The normalized spacial score (nSPS) is 11.4. The number of aryl methyl sites for hydroxylation is 3. The number of nitrogens with zero attached hydrogens (tertiary/aromatic N) is 2. The van der Waals surface area contributed by atoms with Crippen molar-refractivity contribution in [2.45, 2.75) is 33.9 Å². The van der Waals surface area contributed by atoms with Crippen LogP contribution in [0.3, 0.4) is 0 Å². The molecule has 0 spiro atoms. The number of H-pyrrole nitrogens is 2. The highest BCUT2D eigenvalue weighted by Crippen LogP contribution is 2.32. The van der Waals surface area contributed by atoms with E-state index >= 15 is 0 Å². The van der Waals surface area contributed by atoms with E-state index in [0.29, 0.717) is 11.1 Å². The number of likely N-dealkylation sites (N-methyl/N-ethyl adjacent to an activating group) is 2. The molecule has 36 heavy (non-hydrogen) atoms. The molecule has 4 N–H and O–H groups in total. The number of amides is 1. The molecule has 0 saturated heterocycles. The van der Waals surface area contributed by atoms with Crippen LogP contribution >= 0.6 is 0 Å². The Bertz CT molecular complexity index is 1450. The lowest BCUT2D eigenvalue weighted by atomic mass is 9.94. The van der Waals surface area contributed by atoms with Crippen molar-refractivity contribution in [2.75, 3.05) is 27.2 Å². The number of carbonyl (C=O) groups is 1. The Balaban J connectivity index is 1.65. The van der Waals surface area contributed by atoms with E-state index < -0.39 is 0 Å². The molecule has 4 aromatic rings. The van der Waals surface area contributed by atoms with Crippen molar-refractivity contribution < 1.29 is 4.79 Å². The van der Waals surface area contributed by atoms with E-state index in [-0.39, 0.29) is 18.0 Å². The minimum absolute atomic E-state index is 0.155. The number of benzene rings is 2. The summed E-state index contributed by atoms with van der Waals surface area (Å²) in [7, 11) is 4.06. The first-order valence-electron chi connectivity index (χ1n) is 12.2. The molecule has 0 unspecified atom stereocenters. The second-order valence-corrected chi connectivity index (χ2v) is 9.41. The lowest BCUT2D eigenvalue weighted by Gasteiger charge is -2.17. The maximum Gasteiger partial charge on any atom is 0.253 e. The molecule has 0 aliphatic carbocycles. The second kappa shape index (κ2) is 10.9. The molecule has 8 heteroatoms. The van der Waals surface area contributed by atoms with Gasteiger partial charge in [-0.1, -0.05) is 18.2 Å². The predicted octanol–water partition coefficient (Wildman–Crippen LogP) is 3.42. The molecule has 0 atom stereocenters. The molecule has 2 aromatic heterocycles. The van der Waals surface area contributed by atoms with Crippen molar-refractivity contribution >= 4 is 16.8 Å². The number of nitrogens with one attached hydrogen (secondary N) is 4. The SMILES string of the molecule is CNCCN(C)Cc1cccc(-c2cc(C(=O)NCc3c(C)cc(C)[nH]c3=O)c(C)c3n[nH]cc23)c1. The predicted molar refractivity (Wildman–Crippen MR) is 144 cm³/mol. The maximum atomic E-state index is 13.3. The Morgan fingerprint density at radius 2 is 1.94 bits per heavy atom. The highest BCUT2D eigenvalue weighted by molar-refractivity contribution is 6.05. The standard InChI is InChI=1S/C28H34N6O2/c1-17-11-18(2)32-28(36)24(17)14-30-27(35)22-13-23(25-15-31-33-26(25)19(22)3)21-8-6-7-20(12-21)16-34(5)10-9-29-4/h6-8,11-13,15,29H,9-10,14,16H2,1-5H3,(H,30,35)(H,31,33)(H,32,36). The van der Waals surface area contributed by atoms with E-state index in [1.807, 2.05) is 46.1 Å². The van der Waals surface area contributed by atoms with Crippen LogP contribution in [0.2, 0.25) is 0 Å². The molecule has 2 heterocycles. The quantitative estimate of drug-likeness (QED) is 0.290. The summed E-state index contributed by atoms with van der Waals surface area (Å²) in [6, 6.07) is 12.2. The summed E-state index contributed by atoms with van der Waals surface area (Å²) in [5.74, 6) is -0.235. The third kappa shape index (κ3) is 5.40. The highest BCUT2D eigenvalue weighted by Gasteiger charge is 2.18. The summed E-state index contributed by atoms with van der Waals surface area (Å²) in [4.78, 5) is 30.8. The van der Waals surface area contributed by atoms with Crippen molar-refractivity contribution in [2.24, 2.45) is 0 Å². The van der Waals surface area contributed by atoms with E-state index in [1.165, 1.54) is 5.56 Å². The number of hydrogen-bond donors (Lipinski definition) is 4. The Hall–Kier alpha value is -3.75. The van der Waals surface area contributed by atoms with Gasteiger partial charge in [0, 0.05) is 54.6 Å². The molecule has 188 valence electrons. The van der Waals surface area contributed by atoms with E-state index in [9.17, 15) is 9.59 Å². The number of pyridine rings is 1. The van der Waals surface area contributed by atoms with Crippen molar-refractivity contribution in [1.82, 2.24) is 30.7 Å². The van der Waals surface area contributed by atoms with Crippen molar-refractivity contribution in [3.05, 3.63) is 86.5 Å². The van der Waals surface area contributed by atoms with Crippen LogP contribution in [-0.2, 0) is 13.1 Å². The topological polar surface area (TPSA) is 106 Å². The number of carbonyl (C=O) groups excluding carboxylic acids is 1. The first-order valence-corrected chi connectivity index (χ1v) is 12.2. The number of rotatable bonds is 9. The minimum atomic E-state index is -0.235. The lowest BCUT2D eigenvalue weighted by molar-refractivity contribution is 0.0950. The van der Waals surface area contributed by atoms with Gasteiger partial charge in [-0.25, -0.2) is 0 Å². The smallest absolute Gasteiger partial charge is 0.253 e. The fourth-order valence-electron chi connectivity index (χ4n) is 4.61. The average molecular weight is 487 g/mol. The van der Waals surface area contributed by atoms with Gasteiger partial charge in [0.2, 0.25) is 0 Å². The number of aromatic amines is 2. The Morgan fingerprint density at radius 1 is 1.14 bits per heavy atom. The maximum absolute atomic E-state index is 13.3. The molecule has 1 amide bonds. The van der Waals surface area contributed by atoms with Crippen LogP contribution in [0.4, 0.5) is 0 Å². The molecule has 0 radical (unpaired) electrons. The summed E-state index contributed by atoms with van der Waals surface area (Å²) in [6.07, 6.45) is 1.88. The van der Waals surface area contributed by atoms with Gasteiger partial charge in [0.15, 0.2) is 0 Å². The van der Waals surface area contributed by atoms with Gasteiger partial charge >= 0.3 is 0 Å². The van der Waals surface area contributed by atoms with Gasteiger partial charge in [-0.15, -0.1) is 0 Å². The monoisotopic (exact) mass is 486 g/mol. The fraction of sp³-hybridized carbons (Fsp3) is 0.321. The van der Waals surface area contributed by atoms with Gasteiger partial charge in [0.05, 0.1) is 5.52 Å². The van der Waals surface area contributed by atoms with Crippen LogP contribution in [0, 0.1) is 20.8 Å². The van der Waals surface area contributed by atoms with Gasteiger partial charge in [-0.2, -0.15) is 5.10 Å². The van der Waals surface area contributed by atoms with E-state index in [4.69, 9.17) is 0 Å². The van der Waals surface area contributed by atoms with Gasteiger partial charge in [0.1, 0.15) is 0 Å². The third-order valence-electron chi connectivity index (χ3n) is 6.58. The second-order valence-electron chi connectivity index (χ2n) is 9.41. The summed E-state index contributed by atoms with van der Waals surface area (Å²) in [5.41, 5.74) is 7.31. The Labute approximate surface area is 211 Å². The summed E-state index contributed by atoms with van der Waals surface area (Å²) in [6.45, 7) is 8.48. The van der Waals surface area contributed by atoms with Gasteiger partial charge in [0.25, 0.3) is 11.5 Å². The molecule has 0 saturated carbocycles. The third-order valence-corrected chi connectivity index (χ3v) is 6.58. The summed E-state index contributed by atoms with van der Waals surface area (Å²) >= 11 is 0. The first kappa shape index (κ1) is 25.3. The zero-order valence-electron chi connectivity index (χ0n) is 21.6. The van der Waals surface area contributed by atoms with Gasteiger partial charge < -0.3 is 20.5 Å². The van der Waals surface area contributed by atoms with Crippen molar-refractivity contribution in [1.29, 1.82) is 0 Å². The fourth-order valence-corrected chi connectivity index (χ4v) is 4.61. The molecular weight excluding hydrogens is 452 g/mol. The van der Waals surface area contributed by atoms with Crippen molar-refractivity contribution in [3.8, 4) is 11.1 Å². The van der Waals surface area contributed by atoms with Gasteiger partial charge in [-0.05, 0) is 80.9 Å². The molecule has 0 fully saturated rings. The molecule has 0 bridgehead atoms. The van der Waals surface area contributed by atoms with Crippen LogP contribution in [-0.4, -0.2) is 53.2 Å². The molecule has 8 nitrogen and oxygen atoms in total. The number of hydrogen-bond acceptors (Lipinski definition) is 5. The highest BCUT2D eigenvalue weighted by atomic mass is 16.1. The molecule has 2 aromatic carbocycles. The minimum Gasteiger partial charge on any atom is -0.348 e. The molecule has 0 aliphatic rings. The largest absolute Gasteiger partial charge is 0.348 e. The Kier molecular flexibility index (Phi) is 7.67. The number of fused-ring (bicyclic) bond motifs is 1. The van der Waals surface area contributed by atoms with Gasteiger partial charge in [-0.3, -0.25) is 14.7 Å². The zero-order chi connectivity index (χ0) is 25.8. The molecule has 0 aliphatic heterocycles. The van der Waals surface area contributed by atoms with Crippen LogP contribution in [0.1, 0.15) is 38.3 Å². The first-order chi connectivity index (χ1) is 17.3. The number of aromatic nitrogens is 3. The van der Waals surface area contributed by atoms with E-state index in [0.717, 1.165) is 58.5 Å². The molecule has 4 rings (SSSR count). The van der Waals surface area contributed by atoms with Crippen LogP contribution < -0.4 is 16.2 Å². The van der Waals surface area contributed by atoms with Crippen LogP contribution in [0.25, 0.3) is 22.0 Å².